The van der Waals surface area contributed by atoms with Crippen LogP contribution in [0.3, 0.4) is 0 Å². The lowest BCUT2D eigenvalue weighted by Crippen LogP contribution is -2.17. The molecule has 0 aliphatic heterocycles. The quantitative estimate of drug-likeness (QED) is 0.549. The standard InChI is InChI=1S/C18H14Cl2N4O/c1-12-14(11-21-22-18(25)13-7-3-2-4-8-13)17(20)24(23-12)16-10-6-5-9-15(16)19/h2-11H,1H3,(H,22,25)/b21-11-. The summed E-state index contributed by atoms with van der Waals surface area (Å²) >= 11 is 12.6. The lowest BCUT2D eigenvalue weighted by atomic mass is 10.2. The van der Waals surface area contributed by atoms with Gasteiger partial charge in [-0.15, -0.1) is 0 Å². The number of hydrogen-bond donors (Lipinski definition) is 1. The average molecular weight is 373 g/mol. The summed E-state index contributed by atoms with van der Waals surface area (Å²) in [4.78, 5) is 12.0. The molecular weight excluding hydrogens is 359 g/mol. The number of nitrogens with zero attached hydrogens (tertiary/aromatic N) is 3. The molecule has 1 heterocycles. The van der Waals surface area contributed by atoms with Gasteiger partial charge in [0.15, 0.2) is 0 Å². The highest BCUT2D eigenvalue weighted by Gasteiger charge is 2.15. The molecule has 0 atom stereocenters. The molecule has 0 aliphatic carbocycles. The van der Waals surface area contributed by atoms with E-state index in [0.717, 1.165) is 0 Å². The largest absolute Gasteiger partial charge is 0.271 e. The van der Waals surface area contributed by atoms with E-state index in [1.165, 1.54) is 6.21 Å². The second kappa shape index (κ2) is 7.51. The Kier molecular flexibility index (Phi) is 5.16. The number of benzene rings is 2. The Hall–Kier alpha value is -2.63. The molecule has 1 N–H and O–H groups in total. The fourth-order valence-electron chi connectivity index (χ4n) is 2.25. The van der Waals surface area contributed by atoms with Crippen molar-refractivity contribution in [3.8, 4) is 5.69 Å². The van der Waals surface area contributed by atoms with Crippen molar-refractivity contribution in [2.75, 3.05) is 0 Å². The van der Waals surface area contributed by atoms with Crippen LogP contribution in [-0.2, 0) is 0 Å². The van der Waals surface area contributed by atoms with E-state index in [2.05, 4.69) is 15.6 Å². The lowest BCUT2D eigenvalue weighted by Gasteiger charge is -2.04. The maximum absolute atomic E-state index is 12.0. The summed E-state index contributed by atoms with van der Waals surface area (Å²) in [6.07, 6.45) is 1.47. The van der Waals surface area contributed by atoms with Gasteiger partial charge >= 0.3 is 0 Å². The van der Waals surface area contributed by atoms with Crippen LogP contribution in [0, 0.1) is 6.92 Å². The molecule has 0 saturated carbocycles. The first kappa shape index (κ1) is 17.2. The summed E-state index contributed by atoms with van der Waals surface area (Å²) in [5.74, 6) is -0.302. The van der Waals surface area contributed by atoms with Crippen LogP contribution in [0.25, 0.3) is 5.69 Å². The van der Waals surface area contributed by atoms with E-state index >= 15 is 0 Å². The summed E-state index contributed by atoms with van der Waals surface area (Å²) in [7, 11) is 0. The van der Waals surface area contributed by atoms with Crippen molar-refractivity contribution >= 4 is 35.3 Å². The SMILES string of the molecule is Cc1nn(-c2ccccc2Cl)c(Cl)c1/C=N\NC(=O)c1ccccc1. The molecule has 25 heavy (non-hydrogen) atoms. The number of hydrogen-bond acceptors (Lipinski definition) is 3. The molecule has 2 aromatic carbocycles. The molecule has 0 fully saturated rings. The summed E-state index contributed by atoms with van der Waals surface area (Å²) in [6.45, 7) is 1.81. The van der Waals surface area contributed by atoms with Gasteiger partial charge in [0.05, 0.1) is 28.2 Å². The van der Waals surface area contributed by atoms with Gasteiger partial charge in [0.1, 0.15) is 5.15 Å². The molecule has 0 bridgehead atoms. The number of aromatic nitrogens is 2. The van der Waals surface area contributed by atoms with Gasteiger partial charge in [-0.2, -0.15) is 10.2 Å². The minimum atomic E-state index is -0.302. The van der Waals surface area contributed by atoms with Crippen LogP contribution < -0.4 is 5.43 Å². The van der Waals surface area contributed by atoms with Gasteiger partial charge in [-0.25, -0.2) is 10.1 Å². The van der Waals surface area contributed by atoms with Crippen LogP contribution in [0.5, 0.6) is 0 Å². The molecule has 1 amide bonds. The number of hydrazone groups is 1. The van der Waals surface area contributed by atoms with E-state index in [9.17, 15) is 4.79 Å². The minimum absolute atomic E-state index is 0.302. The molecule has 3 aromatic rings. The Balaban J connectivity index is 1.82. The third-order valence-corrected chi connectivity index (χ3v) is 4.21. The second-order valence-electron chi connectivity index (χ2n) is 5.22. The van der Waals surface area contributed by atoms with Crippen LogP contribution in [0.4, 0.5) is 0 Å². The first-order chi connectivity index (χ1) is 12.1. The molecule has 7 heteroatoms. The van der Waals surface area contributed by atoms with Crippen molar-refractivity contribution < 1.29 is 4.79 Å². The van der Waals surface area contributed by atoms with E-state index in [1.807, 2.05) is 24.3 Å². The van der Waals surface area contributed by atoms with E-state index in [0.29, 0.717) is 32.7 Å². The minimum Gasteiger partial charge on any atom is -0.267 e. The molecule has 0 aliphatic rings. The van der Waals surface area contributed by atoms with Gasteiger partial charge in [0, 0.05) is 5.56 Å². The zero-order chi connectivity index (χ0) is 17.8. The zero-order valence-electron chi connectivity index (χ0n) is 13.3. The molecule has 1 aromatic heterocycles. The first-order valence-corrected chi connectivity index (χ1v) is 8.22. The number of carbonyl (C=O) groups excluding carboxylic acids is 1. The number of rotatable bonds is 4. The Morgan fingerprint density at radius 1 is 1.12 bits per heavy atom. The fraction of sp³-hybridized carbons (Fsp3) is 0.0556. The van der Waals surface area contributed by atoms with E-state index < -0.39 is 0 Å². The molecule has 0 radical (unpaired) electrons. The number of para-hydroxylation sites is 1. The van der Waals surface area contributed by atoms with Crippen LogP contribution in [-0.4, -0.2) is 21.9 Å². The predicted molar refractivity (Wildman–Crippen MR) is 99.8 cm³/mol. The summed E-state index contributed by atoms with van der Waals surface area (Å²) in [5, 5.41) is 9.27. The van der Waals surface area contributed by atoms with Gasteiger partial charge in [0.25, 0.3) is 5.91 Å². The number of amides is 1. The van der Waals surface area contributed by atoms with Gasteiger partial charge in [0.2, 0.25) is 0 Å². The van der Waals surface area contributed by atoms with Crippen molar-refractivity contribution in [3.05, 3.63) is 81.6 Å². The fourth-order valence-corrected chi connectivity index (χ4v) is 2.78. The van der Waals surface area contributed by atoms with E-state index in [4.69, 9.17) is 23.2 Å². The van der Waals surface area contributed by atoms with Gasteiger partial charge in [-0.3, -0.25) is 4.79 Å². The Bertz CT molecular complexity index is 936. The number of halogens is 2. The molecule has 5 nitrogen and oxygen atoms in total. The molecule has 0 spiro atoms. The smallest absolute Gasteiger partial charge is 0.267 e. The monoisotopic (exact) mass is 372 g/mol. The third kappa shape index (κ3) is 3.73. The van der Waals surface area contributed by atoms with Crippen molar-refractivity contribution in [1.29, 1.82) is 0 Å². The zero-order valence-corrected chi connectivity index (χ0v) is 14.8. The maximum Gasteiger partial charge on any atom is 0.271 e. The Morgan fingerprint density at radius 2 is 1.80 bits per heavy atom. The maximum atomic E-state index is 12.0. The topological polar surface area (TPSA) is 59.3 Å². The first-order valence-electron chi connectivity index (χ1n) is 7.46. The van der Waals surface area contributed by atoms with Crippen LogP contribution in [0.2, 0.25) is 10.2 Å². The van der Waals surface area contributed by atoms with Crippen LogP contribution in [0.15, 0.2) is 59.7 Å². The predicted octanol–water partition coefficient (Wildman–Crippen LogP) is 4.25. The number of carbonyl (C=O) groups is 1. The summed E-state index contributed by atoms with van der Waals surface area (Å²) in [6, 6.07) is 16.1. The highest BCUT2D eigenvalue weighted by molar-refractivity contribution is 6.34. The Morgan fingerprint density at radius 3 is 2.52 bits per heavy atom. The lowest BCUT2D eigenvalue weighted by molar-refractivity contribution is 0.0955. The number of aryl methyl sites for hydroxylation is 1. The van der Waals surface area contributed by atoms with Crippen LogP contribution >= 0.6 is 23.2 Å². The number of nitrogens with one attached hydrogen (secondary N) is 1. The van der Waals surface area contributed by atoms with E-state index in [-0.39, 0.29) is 5.91 Å². The van der Waals surface area contributed by atoms with Crippen molar-refractivity contribution in [2.24, 2.45) is 5.10 Å². The summed E-state index contributed by atoms with van der Waals surface area (Å²) in [5.41, 5.74) is 4.94. The average Bonchev–Trinajstić information content (AvgIpc) is 2.91. The molecular formula is C18H14Cl2N4O. The highest BCUT2D eigenvalue weighted by atomic mass is 35.5. The summed E-state index contributed by atoms with van der Waals surface area (Å²) < 4.78 is 1.54. The second-order valence-corrected chi connectivity index (χ2v) is 5.98. The Labute approximate surface area is 154 Å². The molecule has 126 valence electrons. The molecule has 0 unspecified atom stereocenters. The van der Waals surface area contributed by atoms with Crippen molar-refractivity contribution in [2.45, 2.75) is 6.92 Å². The third-order valence-electron chi connectivity index (χ3n) is 3.52. The van der Waals surface area contributed by atoms with Crippen LogP contribution in [0.1, 0.15) is 21.6 Å². The normalized spacial score (nSPS) is 11.0. The van der Waals surface area contributed by atoms with E-state index in [1.54, 1.807) is 41.9 Å². The van der Waals surface area contributed by atoms with Crippen molar-refractivity contribution in [3.63, 3.8) is 0 Å². The van der Waals surface area contributed by atoms with Gasteiger partial charge < -0.3 is 0 Å². The molecule has 3 rings (SSSR count). The van der Waals surface area contributed by atoms with Crippen molar-refractivity contribution in [1.82, 2.24) is 15.2 Å². The van der Waals surface area contributed by atoms with Gasteiger partial charge in [-0.05, 0) is 31.2 Å². The molecule has 0 saturated heterocycles. The van der Waals surface area contributed by atoms with Gasteiger partial charge in [-0.1, -0.05) is 53.5 Å². The highest BCUT2D eigenvalue weighted by Crippen LogP contribution is 2.26.